The van der Waals surface area contributed by atoms with Gasteiger partial charge in [-0.25, -0.2) is 4.79 Å². The van der Waals surface area contributed by atoms with Crippen molar-refractivity contribution < 1.29 is 19.1 Å². The lowest BCUT2D eigenvalue weighted by atomic mass is 9.92. The number of hydrogen-bond acceptors (Lipinski definition) is 4. The lowest BCUT2D eigenvalue weighted by Crippen LogP contribution is -2.26. The van der Waals surface area contributed by atoms with Gasteiger partial charge in [-0.05, 0) is 31.1 Å². The standard InChI is InChI=1S/C17H20O4/c1-12(16(18)20-2)11-14-9-6-10-15(14)21-17(19)13-7-4-3-5-8-13/h3-8,10,12,14-15H,9,11H2,1-2H3. The number of esters is 2. The van der Waals surface area contributed by atoms with Crippen molar-refractivity contribution in [1.82, 2.24) is 0 Å². The van der Waals surface area contributed by atoms with Gasteiger partial charge in [0.1, 0.15) is 6.10 Å². The summed E-state index contributed by atoms with van der Waals surface area (Å²) in [5, 5.41) is 0. The minimum absolute atomic E-state index is 0.131. The Morgan fingerprint density at radius 3 is 2.67 bits per heavy atom. The number of carbonyl (C=O) groups excluding carboxylic acids is 2. The van der Waals surface area contributed by atoms with Crippen molar-refractivity contribution >= 4 is 11.9 Å². The molecule has 0 saturated carbocycles. The van der Waals surface area contributed by atoms with Gasteiger partial charge < -0.3 is 9.47 Å². The van der Waals surface area contributed by atoms with E-state index in [-0.39, 0.29) is 29.9 Å². The van der Waals surface area contributed by atoms with Gasteiger partial charge in [-0.3, -0.25) is 4.79 Å². The smallest absolute Gasteiger partial charge is 0.338 e. The summed E-state index contributed by atoms with van der Waals surface area (Å²) >= 11 is 0. The number of allylic oxidation sites excluding steroid dienone is 1. The molecule has 1 aliphatic rings. The van der Waals surface area contributed by atoms with Gasteiger partial charge in [-0.2, -0.15) is 0 Å². The van der Waals surface area contributed by atoms with Crippen LogP contribution in [0.4, 0.5) is 0 Å². The van der Waals surface area contributed by atoms with Crippen molar-refractivity contribution in [1.29, 1.82) is 0 Å². The molecule has 0 bridgehead atoms. The van der Waals surface area contributed by atoms with E-state index in [1.54, 1.807) is 24.3 Å². The van der Waals surface area contributed by atoms with E-state index < -0.39 is 0 Å². The molecule has 1 aliphatic carbocycles. The topological polar surface area (TPSA) is 52.6 Å². The van der Waals surface area contributed by atoms with Crippen molar-refractivity contribution in [3.63, 3.8) is 0 Å². The van der Waals surface area contributed by atoms with Crippen LogP contribution in [0.15, 0.2) is 42.5 Å². The van der Waals surface area contributed by atoms with Crippen LogP contribution in [0.1, 0.15) is 30.1 Å². The lowest BCUT2D eigenvalue weighted by Gasteiger charge is -2.22. The van der Waals surface area contributed by atoms with Crippen LogP contribution in [0.2, 0.25) is 0 Å². The fourth-order valence-electron chi connectivity index (χ4n) is 2.56. The Morgan fingerprint density at radius 1 is 1.29 bits per heavy atom. The van der Waals surface area contributed by atoms with E-state index in [4.69, 9.17) is 9.47 Å². The molecule has 0 aromatic heterocycles. The Hall–Kier alpha value is -2.10. The van der Waals surface area contributed by atoms with E-state index >= 15 is 0 Å². The SMILES string of the molecule is COC(=O)C(C)CC1CC=CC1OC(=O)c1ccccc1. The van der Waals surface area contributed by atoms with Crippen LogP contribution in [-0.4, -0.2) is 25.2 Å². The third kappa shape index (κ3) is 3.94. The zero-order valence-corrected chi connectivity index (χ0v) is 12.3. The Balaban J connectivity index is 1.94. The van der Waals surface area contributed by atoms with Crippen molar-refractivity contribution in [3.05, 3.63) is 48.0 Å². The molecule has 0 spiro atoms. The van der Waals surface area contributed by atoms with Crippen LogP contribution in [0, 0.1) is 11.8 Å². The highest BCUT2D eigenvalue weighted by Gasteiger charge is 2.30. The Morgan fingerprint density at radius 2 is 2.00 bits per heavy atom. The minimum Gasteiger partial charge on any atom is -0.469 e. The molecule has 0 heterocycles. The number of carbonyl (C=O) groups is 2. The van der Waals surface area contributed by atoms with Gasteiger partial charge in [-0.15, -0.1) is 0 Å². The molecule has 0 radical (unpaired) electrons. The maximum atomic E-state index is 12.1. The van der Waals surface area contributed by atoms with E-state index in [0.717, 1.165) is 6.42 Å². The van der Waals surface area contributed by atoms with Crippen LogP contribution >= 0.6 is 0 Å². The fourth-order valence-corrected chi connectivity index (χ4v) is 2.56. The molecule has 4 nitrogen and oxygen atoms in total. The summed E-state index contributed by atoms with van der Waals surface area (Å²) in [4.78, 5) is 23.6. The molecular formula is C17H20O4. The summed E-state index contributed by atoms with van der Waals surface area (Å²) < 4.78 is 10.3. The number of ether oxygens (including phenoxy) is 2. The quantitative estimate of drug-likeness (QED) is 0.617. The van der Waals surface area contributed by atoms with Crippen molar-refractivity contribution in [2.75, 3.05) is 7.11 Å². The molecule has 112 valence electrons. The summed E-state index contributed by atoms with van der Waals surface area (Å²) in [6.07, 6.45) is 5.08. The summed E-state index contributed by atoms with van der Waals surface area (Å²) in [6.45, 7) is 1.83. The Bertz CT molecular complexity index is 521. The molecular weight excluding hydrogens is 268 g/mol. The zero-order chi connectivity index (χ0) is 15.2. The molecule has 2 rings (SSSR count). The highest BCUT2D eigenvalue weighted by atomic mass is 16.5. The lowest BCUT2D eigenvalue weighted by molar-refractivity contribution is -0.145. The first-order chi connectivity index (χ1) is 10.1. The molecule has 3 atom stereocenters. The third-order valence-electron chi connectivity index (χ3n) is 3.74. The first-order valence-electron chi connectivity index (χ1n) is 7.12. The molecule has 1 aromatic rings. The Kier molecular flexibility index (Phi) is 5.14. The average molecular weight is 288 g/mol. The summed E-state index contributed by atoms with van der Waals surface area (Å²) in [6, 6.07) is 8.92. The normalized spacial score (nSPS) is 21.8. The first kappa shape index (κ1) is 15.3. The summed E-state index contributed by atoms with van der Waals surface area (Å²) in [7, 11) is 1.39. The summed E-state index contributed by atoms with van der Waals surface area (Å²) in [5.41, 5.74) is 0.539. The second-order valence-corrected chi connectivity index (χ2v) is 5.32. The highest BCUT2D eigenvalue weighted by Crippen LogP contribution is 2.29. The predicted molar refractivity (Wildman–Crippen MR) is 78.7 cm³/mol. The maximum absolute atomic E-state index is 12.1. The van der Waals surface area contributed by atoms with Gasteiger partial charge in [0.05, 0.1) is 18.6 Å². The molecule has 0 saturated heterocycles. The molecule has 0 aliphatic heterocycles. The van der Waals surface area contributed by atoms with Gasteiger partial charge in [0, 0.05) is 5.92 Å². The van der Waals surface area contributed by atoms with Gasteiger partial charge in [0.2, 0.25) is 0 Å². The van der Waals surface area contributed by atoms with Crippen molar-refractivity contribution in [3.8, 4) is 0 Å². The average Bonchev–Trinajstić information content (AvgIpc) is 2.94. The zero-order valence-electron chi connectivity index (χ0n) is 12.3. The molecule has 0 N–H and O–H groups in total. The molecule has 4 heteroatoms. The maximum Gasteiger partial charge on any atom is 0.338 e. The molecule has 1 aromatic carbocycles. The van der Waals surface area contributed by atoms with E-state index in [0.29, 0.717) is 12.0 Å². The summed E-state index contributed by atoms with van der Waals surface area (Å²) in [5.74, 6) is -0.623. The van der Waals surface area contributed by atoms with Gasteiger partial charge in [0.15, 0.2) is 0 Å². The van der Waals surface area contributed by atoms with E-state index in [9.17, 15) is 9.59 Å². The van der Waals surface area contributed by atoms with E-state index in [1.165, 1.54) is 7.11 Å². The van der Waals surface area contributed by atoms with Crippen molar-refractivity contribution in [2.24, 2.45) is 11.8 Å². The number of hydrogen-bond donors (Lipinski definition) is 0. The fraction of sp³-hybridized carbons (Fsp3) is 0.412. The monoisotopic (exact) mass is 288 g/mol. The van der Waals surface area contributed by atoms with Gasteiger partial charge in [0.25, 0.3) is 0 Å². The second-order valence-electron chi connectivity index (χ2n) is 5.32. The predicted octanol–water partition coefficient (Wildman–Crippen LogP) is 2.99. The van der Waals surface area contributed by atoms with Gasteiger partial charge in [-0.1, -0.05) is 31.2 Å². The van der Waals surface area contributed by atoms with Crippen LogP contribution in [-0.2, 0) is 14.3 Å². The van der Waals surface area contributed by atoms with Crippen LogP contribution in [0.25, 0.3) is 0 Å². The minimum atomic E-state index is -0.331. The molecule has 21 heavy (non-hydrogen) atoms. The second kappa shape index (κ2) is 7.07. The molecule has 0 amide bonds. The number of methoxy groups -OCH3 is 1. The first-order valence-corrected chi connectivity index (χ1v) is 7.12. The Labute approximate surface area is 124 Å². The number of benzene rings is 1. The van der Waals surface area contributed by atoms with Crippen LogP contribution in [0.5, 0.6) is 0 Å². The highest BCUT2D eigenvalue weighted by molar-refractivity contribution is 5.89. The van der Waals surface area contributed by atoms with Crippen LogP contribution in [0.3, 0.4) is 0 Å². The van der Waals surface area contributed by atoms with Gasteiger partial charge >= 0.3 is 11.9 Å². The number of rotatable bonds is 5. The molecule has 3 unspecified atom stereocenters. The van der Waals surface area contributed by atoms with E-state index in [2.05, 4.69) is 0 Å². The van der Waals surface area contributed by atoms with E-state index in [1.807, 2.05) is 25.1 Å². The van der Waals surface area contributed by atoms with Crippen molar-refractivity contribution in [2.45, 2.75) is 25.9 Å². The van der Waals surface area contributed by atoms with Crippen LogP contribution < -0.4 is 0 Å². The largest absolute Gasteiger partial charge is 0.469 e. The third-order valence-corrected chi connectivity index (χ3v) is 3.74. The molecule has 0 fully saturated rings.